The normalized spacial score (nSPS) is 7.71. The second-order valence-electron chi connectivity index (χ2n) is 1.50. The summed E-state index contributed by atoms with van der Waals surface area (Å²) in [6, 6.07) is 0. The summed E-state index contributed by atoms with van der Waals surface area (Å²) in [5, 5.41) is 0. The van der Waals surface area contributed by atoms with Crippen LogP contribution in [0.25, 0.3) is 0 Å². The van der Waals surface area contributed by atoms with E-state index < -0.39 is 0 Å². The van der Waals surface area contributed by atoms with Crippen LogP contribution in [0.2, 0.25) is 0 Å². The van der Waals surface area contributed by atoms with Crippen LogP contribution >= 0.6 is 9.24 Å². The minimum Gasteiger partial charge on any atom is -0.138 e. The van der Waals surface area contributed by atoms with Crippen LogP contribution in [0.5, 0.6) is 0 Å². The summed E-state index contributed by atoms with van der Waals surface area (Å²) in [5.41, 5.74) is 0. The zero-order valence-electron chi connectivity index (χ0n) is 4.72. The third-order valence-electron chi connectivity index (χ3n) is 0.808. The maximum absolute atomic E-state index is 2.73. The van der Waals surface area contributed by atoms with Crippen LogP contribution in [0.1, 0.15) is 26.2 Å². The molecule has 0 radical (unpaired) electrons. The molecule has 1 unspecified atom stereocenters. The smallest absolute Gasteiger partial charge is 0 e. The molecular weight excluding hydrogens is 150 g/mol. The topological polar surface area (TPSA) is 0 Å². The Morgan fingerprint density at radius 3 is 2.00 bits per heavy atom. The van der Waals surface area contributed by atoms with Crippen LogP contribution in [0.15, 0.2) is 0 Å². The molecule has 0 N–H and O–H groups in total. The first-order chi connectivity index (χ1) is 2.91. The Bertz CT molecular complexity index is 20.0. The van der Waals surface area contributed by atoms with E-state index in [0.717, 1.165) is 0 Å². The molecule has 0 aromatic heterocycles. The Kier molecular flexibility index (Phi) is 15.5. The molecule has 0 aromatic carbocycles. The number of rotatable bonds is 3. The van der Waals surface area contributed by atoms with Crippen molar-refractivity contribution in [3.8, 4) is 0 Å². The molecule has 0 fully saturated rings. The predicted octanol–water partition coefficient (Wildman–Crippen LogP) is 2.05. The number of hydrogen-bond donors (Lipinski definition) is 0. The number of hydrogen-bond acceptors (Lipinski definition) is 0. The molecule has 0 aliphatic carbocycles. The van der Waals surface area contributed by atoms with Crippen molar-refractivity contribution in [2.24, 2.45) is 0 Å². The van der Waals surface area contributed by atoms with E-state index in [9.17, 15) is 0 Å². The van der Waals surface area contributed by atoms with Gasteiger partial charge in [0, 0.05) is 16.5 Å². The predicted molar refractivity (Wildman–Crippen MR) is 34.1 cm³/mol. The average Bonchev–Trinajstić information content (AvgIpc) is 1.61. The first-order valence-electron chi connectivity index (χ1n) is 2.62. The van der Waals surface area contributed by atoms with Crippen molar-refractivity contribution >= 4 is 9.24 Å². The maximum atomic E-state index is 2.73. The van der Waals surface area contributed by atoms with Crippen LogP contribution in [-0.2, 0) is 16.5 Å². The summed E-state index contributed by atoms with van der Waals surface area (Å²) in [5.74, 6) is 0. The van der Waals surface area contributed by atoms with E-state index in [1.54, 1.807) is 0 Å². The quantitative estimate of drug-likeness (QED) is 0.339. The molecule has 0 bridgehead atoms. The van der Waals surface area contributed by atoms with Crippen molar-refractivity contribution in [2.75, 3.05) is 6.16 Å². The van der Waals surface area contributed by atoms with Crippen LogP contribution in [0.3, 0.4) is 0 Å². The second kappa shape index (κ2) is 10.0. The average molecular weight is 163 g/mol. The van der Waals surface area contributed by atoms with Crippen LogP contribution < -0.4 is 0 Å². The third-order valence-corrected chi connectivity index (χ3v) is 1.22. The van der Waals surface area contributed by atoms with E-state index in [4.69, 9.17) is 0 Å². The summed E-state index contributed by atoms with van der Waals surface area (Å²) >= 11 is 0. The van der Waals surface area contributed by atoms with Crippen molar-refractivity contribution in [3.63, 3.8) is 0 Å². The van der Waals surface area contributed by atoms with Crippen molar-refractivity contribution in [1.29, 1.82) is 0 Å². The van der Waals surface area contributed by atoms with Crippen molar-refractivity contribution in [2.45, 2.75) is 26.2 Å². The summed E-state index contributed by atoms with van der Waals surface area (Å²) in [6.45, 7) is 2.22. The van der Waals surface area contributed by atoms with Crippen LogP contribution in [0.4, 0.5) is 0 Å². The fourth-order valence-electron chi connectivity index (χ4n) is 0.394. The van der Waals surface area contributed by atoms with Gasteiger partial charge in [0.1, 0.15) is 0 Å². The van der Waals surface area contributed by atoms with Gasteiger partial charge in [0.25, 0.3) is 0 Å². The van der Waals surface area contributed by atoms with Gasteiger partial charge in [-0.3, -0.25) is 0 Å². The zero-order chi connectivity index (χ0) is 4.83. The molecule has 0 heterocycles. The molecule has 7 heavy (non-hydrogen) atoms. The zero-order valence-corrected chi connectivity index (χ0v) is 6.86. The van der Waals surface area contributed by atoms with Gasteiger partial charge in [-0.2, -0.15) is 0 Å². The fraction of sp³-hybridized carbons (Fsp3) is 1.00. The van der Waals surface area contributed by atoms with Crippen molar-refractivity contribution < 1.29 is 16.5 Å². The SMILES string of the molecule is CCCCCP.[Ni]. The Balaban J connectivity index is 0. The standard InChI is InChI=1S/C5H13P.Ni/c1-2-3-4-5-6;/h2-6H2,1H3;. The molecule has 0 aliphatic rings. The van der Waals surface area contributed by atoms with Crippen LogP contribution in [0, 0.1) is 0 Å². The second-order valence-corrected chi connectivity index (χ2v) is 2.07. The van der Waals surface area contributed by atoms with Gasteiger partial charge in [-0.25, -0.2) is 0 Å². The molecule has 1 atom stereocenters. The summed E-state index contributed by atoms with van der Waals surface area (Å²) < 4.78 is 0. The third kappa shape index (κ3) is 10.9. The van der Waals surface area contributed by atoms with Gasteiger partial charge < -0.3 is 0 Å². The molecule has 0 amide bonds. The largest absolute Gasteiger partial charge is 0.138 e. The minimum atomic E-state index is 0. The maximum Gasteiger partial charge on any atom is 0 e. The van der Waals surface area contributed by atoms with E-state index in [2.05, 4.69) is 16.2 Å². The molecule has 0 aliphatic heterocycles. The van der Waals surface area contributed by atoms with Gasteiger partial charge >= 0.3 is 0 Å². The van der Waals surface area contributed by atoms with E-state index >= 15 is 0 Å². The van der Waals surface area contributed by atoms with Gasteiger partial charge in [0.05, 0.1) is 0 Å². The van der Waals surface area contributed by atoms with E-state index in [0.29, 0.717) is 0 Å². The molecule has 0 saturated carbocycles. The van der Waals surface area contributed by atoms with Gasteiger partial charge in [-0.05, 0) is 12.6 Å². The summed E-state index contributed by atoms with van der Waals surface area (Å²) in [7, 11) is 2.73. The van der Waals surface area contributed by atoms with Crippen molar-refractivity contribution in [1.82, 2.24) is 0 Å². The Labute approximate surface area is 58.6 Å². The number of unbranched alkanes of at least 4 members (excludes halogenated alkanes) is 2. The molecular formula is C5H13NiP. The summed E-state index contributed by atoms with van der Waals surface area (Å²) in [4.78, 5) is 0. The Hall–Kier alpha value is 0.924. The van der Waals surface area contributed by atoms with E-state index in [-0.39, 0.29) is 16.5 Å². The van der Waals surface area contributed by atoms with Gasteiger partial charge in [-0.15, -0.1) is 9.24 Å². The first kappa shape index (κ1) is 10.8. The molecule has 2 heteroatoms. The minimum absolute atomic E-state index is 0. The summed E-state index contributed by atoms with van der Waals surface area (Å²) in [6.07, 6.45) is 5.38. The van der Waals surface area contributed by atoms with Gasteiger partial charge in [0.15, 0.2) is 0 Å². The van der Waals surface area contributed by atoms with E-state index in [1.165, 1.54) is 25.4 Å². The van der Waals surface area contributed by atoms with Crippen molar-refractivity contribution in [3.05, 3.63) is 0 Å². The van der Waals surface area contributed by atoms with Gasteiger partial charge in [-0.1, -0.05) is 19.8 Å². The van der Waals surface area contributed by atoms with Crippen LogP contribution in [-0.4, -0.2) is 6.16 Å². The molecule has 48 valence electrons. The van der Waals surface area contributed by atoms with E-state index in [1.807, 2.05) is 0 Å². The molecule has 0 saturated heterocycles. The molecule has 0 aromatic rings. The van der Waals surface area contributed by atoms with Gasteiger partial charge in [0.2, 0.25) is 0 Å². The molecule has 0 spiro atoms. The Morgan fingerprint density at radius 2 is 1.86 bits per heavy atom. The Morgan fingerprint density at radius 1 is 1.29 bits per heavy atom. The molecule has 0 nitrogen and oxygen atoms in total. The molecule has 0 rings (SSSR count). The first-order valence-corrected chi connectivity index (χ1v) is 3.43. The monoisotopic (exact) mass is 162 g/mol. The fourth-order valence-corrected chi connectivity index (χ4v) is 0.683.